The summed E-state index contributed by atoms with van der Waals surface area (Å²) in [7, 11) is 0. The van der Waals surface area contributed by atoms with Crippen LogP contribution in [0.25, 0.3) is 0 Å². The van der Waals surface area contributed by atoms with Gasteiger partial charge in [0.25, 0.3) is 0 Å². The lowest BCUT2D eigenvalue weighted by Crippen LogP contribution is -2.22. The molecule has 0 atom stereocenters. The molecule has 0 aliphatic rings. The van der Waals surface area contributed by atoms with E-state index in [9.17, 15) is 0 Å². The van der Waals surface area contributed by atoms with E-state index >= 15 is 0 Å². The van der Waals surface area contributed by atoms with Crippen molar-refractivity contribution < 1.29 is 0 Å². The van der Waals surface area contributed by atoms with E-state index in [0.717, 1.165) is 6.54 Å². The number of nitrogens with one attached hydrogen (secondary N) is 1. The molecule has 0 bridgehead atoms. The Kier molecular flexibility index (Phi) is 3.77. The Hall–Kier alpha value is -0.790. The molecule has 0 saturated heterocycles. The maximum atomic E-state index is 3.88. The number of hydrazone groups is 1. The quantitative estimate of drug-likeness (QED) is 0.469. The minimum Gasteiger partial charge on any atom is -0.310 e. The van der Waals surface area contributed by atoms with E-state index in [4.69, 9.17) is 0 Å². The van der Waals surface area contributed by atoms with Crippen LogP contribution in [-0.4, -0.2) is 12.8 Å². The molecule has 1 N–H and O–H groups in total. The lowest BCUT2D eigenvalue weighted by atomic mass is 9.98. The highest BCUT2D eigenvalue weighted by molar-refractivity contribution is 5.69. The van der Waals surface area contributed by atoms with Crippen LogP contribution < -0.4 is 5.43 Å². The Bertz CT molecular complexity index is 120. The van der Waals surface area contributed by atoms with E-state index in [2.05, 4.69) is 37.9 Å². The molecule has 0 aromatic carbocycles. The van der Waals surface area contributed by atoms with Gasteiger partial charge in [-0.05, 0) is 11.5 Å². The van der Waals surface area contributed by atoms with Gasteiger partial charge in [0.1, 0.15) is 0 Å². The van der Waals surface area contributed by atoms with Gasteiger partial charge in [0.15, 0.2) is 0 Å². The standard InChI is InChI=1S/C8H16N2/c1-5-6-9-10-7-8(2,3)4/h5-6,10H,1,7H2,2-4H3. The maximum Gasteiger partial charge on any atom is 0.0462 e. The van der Waals surface area contributed by atoms with Gasteiger partial charge < -0.3 is 5.43 Å². The molecule has 0 aromatic heterocycles. The molecule has 0 heterocycles. The predicted octanol–water partition coefficient (Wildman–Crippen LogP) is 1.79. The largest absolute Gasteiger partial charge is 0.310 e. The number of rotatable bonds is 3. The molecule has 0 aliphatic heterocycles. The summed E-state index contributed by atoms with van der Waals surface area (Å²) in [6, 6.07) is 0. The molecule has 58 valence electrons. The number of hydrogen-bond donors (Lipinski definition) is 1. The SMILES string of the molecule is C=CC=NNCC(C)(C)C. The average Bonchev–Trinajstić information content (AvgIpc) is 1.78. The minimum absolute atomic E-state index is 0.290. The molecule has 0 amide bonds. The first-order valence-corrected chi connectivity index (χ1v) is 3.43. The zero-order valence-electron chi connectivity index (χ0n) is 7.02. The normalized spacial score (nSPS) is 11.9. The van der Waals surface area contributed by atoms with Crippen LogP contribution in [0.4, 0.5) is 0 Å². The van der Waals surface area contributed by atoms with Gasteiger partial charge in [0.2, 0.25) is 0 Å². The van der Waals surface area contributed by atoms with E-state index in [0.29, 0.717) is 5.41 Å². The van der Waals surface area contributed by atoms with E-state index in [1.807, 2.05) is 0 Å². The first-order chi connectivity index (χ1) is 4.56. The lowest BCUT2D eigenvalue weighted by Gasteiger charge is -2.16. The van der Waals surface area contributed by atoms with Crippen molar-refractivity contribution >= 4 is 6.21 Å². The van der Waals surface area contributed by atoms with Crippen LogP contribution in [0, 0.1) is 5.41 Å². The van der Waals surface area contributed by atoms with Crippen LogP contribution >= 0.6 is 0 Å². The van der Waals surface area contributed by atoms with Gasteiger partial charge in [-0.25, -0.2) is 0 Å². The Labute approximate surface area is 63.0 Å². The summed E-state index contributed by atoms with van der Waals surface area (Å²) in [5, 5.41) is 3.88. The molecule has 10 heavy (non-hydrogen) atoms. The van der Waals surface area contributed by atoms with Crippen molar-refractivity contribution in [3.8, 4) is 0 Å². The van der Waals surface area contributed by atoms with Crippen LogP contribution in [-0.2, 0) is 0 Å². The molecule has 0 aromatic rings. The first kappa shape index (κ1) is 9.21. The summed E-state index contributed by atoms with van der Waals surface area (Å²) < 4.78 is 0. The van der Waals surface area contributed by atoms with Gasteiger partial charge in [0, 0.05) is 12.8 Å². The summed E-state index contributed by atoms with van der Waals surface area (Å²) >= 11 is 0. The first-order valence-electron chi connectivity index (χ1n) is 3.43. The molecule has 0 spiro atoms. The van der Waals surface area contributed by atoms with Gasteiger partial charge in [0.05, 0.1) is 0 Å². The van der Waals surface area contributed by atoms with Crippen molar-refractivity contribution in [2.75, 3.05) is 6.54 Å². The molecule has 0 aliphatic carbocycles. The minimum atomic E-state index is 0.290. The smallest absolute Gasteiger partial charge is 0.0462 e. The molecule has 2 nitrogen and oxygen atoms in total. The monoisotopic (exact) mass is 140 g/mol. The zero-order chi connectivity index (χ0) is 8.04. The summed E-state index contributed by atoms with van der Waals surface area (Å²) in [6.07, 6.45) is 3.29. The Balaban J connectivity index is 3.37. The second kappa shape index (κ2) is 4.09. The highest BCUT2D eigenvalue weighted by atomic mass is 15.3. The zero-order valence-corrected chi connectivity index (χ0v) is 7.02. The van der Waals surface area contributed by atoms with Crippen LogP contribution in [0.5, 0.6) is 0 Å². The summed E-state index contributed by atoms with van der Waals surface area (Å²) in [6.45, 7) is 10.9. The third kappa shape index (κ3) is 7.21. The summed E-state index contributed by atoms with van der Waals surface area (Å²) in [4.78, 5) is 0. The second-order valence-corrected chi connectivity index (χ2v) is 3.41. The Morgan fingerprint density at radius 1 is 1.50 bits per heavy atom. The van der Waals surface area contributed by atoms with Crippen LogP contribution in [0.1, 0.15) is 20.8 Å². The molecule has 0 saturated carbocycles. The Morgan fingerprint density at radius 3 is 2.50 bits per heavy atom. The fourth-order valence-corrected chi connectivity index (χ4v) is 0.388. The van der Waals surface area contributed by atoms with Gasteiger partial charge in [-0.2, -0.15) is 5.10 Å². The van der Waals surface area contributed by atoms with Gasteiger partial charge >= 0.3 is 0 Å². The van der Waals surface area contributed by atoms with Crippen LogP contribution in [0.3, 0.4) is 0 Å². The van der Waals surface area contributed by atoms with Crippen molar-refractivity contribution in [1.29, 1.82) is 0 Å². The second-order valence-electron chi connectivity index (χ2n) is 3.41. The topological polar surface area (TPSA) is 24.4 Å². The maximum absolute atomic E-state index is 3.88. The lowest BCUT2D eigenvalue weighted by molar-refractivity contribution is 0.386. The molecule has 0 radical (unpaired) electrons. The summed E-state index contributed by atoms with van der Waals surface area (Å²) in [5.41, 5.74) is 3.21. The number of allylic oxidation sites excluding steroid dienone is 1. The Morgan fingerprint density at radius 2 is 2.10 bits per heavy atom. The molecular formula is C8H16N2. The number of nitrogens with zero attached hydrogens (tertiary/aromatic N) is 1. The van der Waals surface area contributed by atoms with Crippen molar-refractivity contribution in [3.05, 3.63) is 12.7 Å². The van der Waals surface area contributed by atoms with E-state index in [1.54, 1.807) is 12.3 Å². The van der Waals surface area contributed by atoms with E-state index in [1.165, 1.54) is 0 Å². The van der Waals surface area contributed by atoms with Crippen molar-refractivity contribution in [1.82, 2.24) is 5.43 Å². The van der Waals surface area contributed by atoms with E-state index in [-0.39, 0.29) is 0 Å². The van der Waals surface area contributed by atoms with Gasteiger partial charge in [-0.1, -0.05) is 27.4 Å². The highest BCUT2D eigenvalue weighted by Gasteiger charge is 2.07. The molecular weight excluding hydrogens is 124 g/mol. The molecule has 0 fully saturated rings. The fourth-order valence-electron chi connectivity index (χ4n) is 0.388. The molecule has 0 rings (SSSR count). The van der Waals surface area contributed by atoms with Crippen LogP contribution in [0.2, 0.25) is 0 Å². The fraction of sp³-hybridized carbons (Fsp3) is 0.625. The van der Waals surface area contributed by atoms with Crippen molar-refractivity contribution in [2.45, 2.75) is 20.8 Å². The number of hydrogen-bond acceptors (Lipinski definition) is 2. The predicted molar refractivity (Wildman–Crippen MR) is 46.1 cm³/mol. The average molecular weight is 140 g/mol. The van der Waals surface area contributed by atoms with Crippen molar-refractivity contribution in [3.63, 3.8) is 0 Å². The van der Waals surface area contributed by atoms with Crippen molar-refractivity contribution in [2.24, 2.45) is 10.5 Å². The third-order valence-corrected chi connectivity index (χ3v) is 0.881. The van der Waals surface area contributed by atoms with E-state index < -0.39 is 0 Å². The van der Waals surface area contributed by atoms with Crippen LogP contribution in [0.15, 0.2) is 17.8 Å². The highest BCUT2D eigenvalue weighted by Crippen LogP contribution is 2.09. The molecule has 2 heteroatoms. The van der Waals surface area contributed by atoms with Gasteiger partial charge in [-0.15, -0.1) is 0 Å². The van der Waals surface area contributed by atoms with Gasteiger partial charge in [-0.3, -0.25) is 0 Å². The molecule has 0 unspecified atom stereocenters. The summed E-state index contributed by atoms with van der Waals surface area (Å²) in [5.74, 6) is 0. The third-order valence-electron chi connectivity index (χ3n) is 0.881.